The van der Waals surface area contributed by atoms with Gasteiger partial charge in [0.25, 0.3) is 17.5 Å². The van der Waals surface area contributed by atoms with E-state index in [1.165, 1.54) is 12.1 Å². The van der Waals surface area contributed by atoms with E-state index in [0.29, 0.717) is 35.6 Å². The molecule has 36 heavy (non-hydrogen) atoms. The molecule has 2 heterocycles. The third-order valence-electron chi connectivity index (χ3n) is 6.04. The minimum absolute atomic E-state index is 0. The Labute approximate surface area is 216 Å². The zero-order valence-corrected chi connectivity index (χ0v) is 21.1. The first kappa shape index (κ1) is 24.9. The average molecular weight is 552 g/mol. The summed E-state index contributed by atoms with van der Waals surface area (Å²) >= 11 is 0. The van der Waals surface area contributed by atoms with E-state index in [1.54, 1.807) is 43.5 Å². The lowest BCUT2D eigenvalue weighted by molar-refractivity contribution is -0.671. The van der Waals surface area contributed by atoms with Crippen LogP contribution in [0, 0.1) is 10.1 Å². The Morgan fingerprint density at radius 2 is 1.83 bits per heavy atom. The molecule has 0 aliphatic carbocycles. The van der Waals surface area contributed by atoms with Gasteiger partial charge in [0.2, 0.25) is 6.33 Å². The molecule has 0 unspecified atom stereocenters. The van der Waals surface area contributed by atoms with Crippen molar-refractivity contribution in [1.82, 2.24) is 4.57 Å². The highest BCUT2D eigenvalue weighted by molar-refractivity contribution is 6.36. The minimum atomic E-state index is -0.542. The van der Waals surface area contributed by atoms with Gasteiger partial charge < -0.3 is 27.0 Å². The number of imide groups is 1. The van der Waals surface area contributed by atoms with Crippen LogP contribution in [0.5, 0.6) is 5.75 Å². The van der Waals surface area contributed by atoms with Crippen LogP contribution in [0.1, 0.15) is 20.7 Å². The number of carbonyl (C=O) groups is 2. The molecule has 0 saturated heterocycles. The van der Waals surface area contributed by atoms with Crippen LogP contribution in [0.2, 0.25) is 0 Å². The van der Waals surface area contributed by atoms with Crippen molar-refractivity contribution in [3.63, 3.8) is 0 Å². The van der Waals surface area contributed by atoms with E-state index in [1.807, 2.05) is 34.9 Å². The van der Waals surface area contributed by atoms with Gasteiger partial charge in [0.1, 0.15) is 24.7 Å². The summed E-state index contributed by atoms with van der Waals surface area (Å²) in [7, 11) is 3.48. The quantitative estimate of drug-likeness (QED) is 0.153. The first-order chi connectivity index (χ1) is 16.9. The number of imidazole rings is 1. The molecule has 0 spiro atoms. The molecular formula is C25H22BrN5O5. The number of hydrogen-bond acceptors (Lipinski definition) is 6. The van der Waals surface area contributed by atoms with E-state index in [4.69, 9.17) is 4.74 Å². The summed E-state index contributed by atoms with van der Waals surface area (Å²) in [4.78, 5) is 39.2. The Morgan fingerprint density at radius 3 is 2.50 bits per heavy atom. The predicted octanol–water partition coefficient (Wildman–Crippen LogP) is 0.299. The molecule has 1 aliphatic rings. The van der Waals surface area contributed by atoms with Crippen molar-refractivity contribution in [2.45, 2.75) is 6.54 Å². The highest BCUT2D eigenvalue weighted by Gasteiger charge is 2.36. The molecule has 0 fully saturated rings. The van der Waals surface area contributed by atoms with Gasteiger partial charge in [-0.3, -0.25) is 19.7 Å². The topological polar surface area (TPSA) is 111 Å². The van der Waals surface area contributed by atoms with Crippen LogP contribution in [-0.2, 0) is 13.6 Å². The van der Waals surface area contributed by atoms with Gasteiger partial charge in [-0.2, -0.15) is 0 Å². The van der Waals surface area contributed by atoms with Crippen LogP contribution in [0.3, 0.4) is 0 Å². The molecule has 2 amide bonds. The number of nitro benzene ring substituents is 1. The lowest BCUT2D eigenvalue weighted by Crippen LogP contribution is -3.00. The Kier molecular flexibility index (Phi) is 6.75. The lowest BCUT2D eigenvalue weighted by Gasteiger charge is -2.29. The molecule has 3 aromatic carbocycles. The van der Waals surface area contributed by atoms with Gasteiger partial charge >= 0.3 is 0 Å². The smallest absolute Gasteiger partial charge is 0.277 e. The number of anilines is 2. The van der Waals surface area contributed by atoms with Crippen LogP contribution in [0.15, 0.2) is 67.3 Å². The molecule has 0 bridgehead atoms. The predicted molar refractivity (Wildman–Crippen MR) is 129 cm³/mol. The van der Waals surface area contributed by atoms with Crippen molar-refractivity contribution >= 4 is 39.6 Å². The molecule has 1 aliphatic heterocycles. The summed E-state index contributed by atoms with van der Waals surface area (Å²) in [6, 6.07) is 12.5. The van der Waals surface area contributed by atoms with E-state index in [2.05, 4.69) is 5.32 Å². The molecule has 0 atom stereocenters. The molecule has 11 heteroatoms. The number of halogens is 1. The number of benzene rings is 3. The fraction of sp³-hybridized carbons (Fsp3) is 0.160. The first-order valence-corrected chi connectivity index (χ1v) is 10.9. The van der Waals surface area contributed by atoms with Gasteiger partial charge in [0.15, 0.2) is 0 Å². The van der Waals surface area contributed by atoms with Gasteiger partial charge in [-0.05, 0) is 30.3 Å². The van der Waals surface area contributed by atoms with E-state index < -0.39 is 16.7 Å². The van der Waals surface area contributed by atoms with Crippen molar-refractivity contribution < 1.29 is 40.8 Å². The number of aryl methyl sites for hydroxylation is 1. The average Bonchev–Trinajstić information content (AvgIpc) is 3.27. The van der Waals surface area contributed by atoms with Gasteiger partial charge in [0, 0.05) is 28.6 Å². The standard InChI is InChI=1S/C25H22N5O5.BrH/c1-27-12-13-28(15-27)11-10-26-20-14-16(35-2)6-8-22(20)29-24(31)18-5-3-4-17-21(30(33)34)9-7-19(23(17)18)25(29)32;/h3-9,12-15,26H,10-11H2,1-2H3;1H/q+1;/p-1. The normalized spacial score (nSPS) is 12.4. The second-order valence-corrected chi connectivity index (χ2v) is 8.19. The lowest BCUT2D eigenvalue weighted by atomic mass is 9.92. The van der Waals surface area contributed by atoms with Gasteiger partial charge in [-0.25, -0.2) is 14.0 Å². The SMILES string of the molecule is COc1ccc(N2C(=O)c3cccc4c([N+](=O)[O-])ccc(c34)C2=O)c(NCCn2cc[n+](C)c2)c1.[Br-]. The molecular weight excluding hydrogens is 530 g/mol. The summed E-state index contributed by atoms with van der Waals surface area (Å²) in [5, 5.41) is 15.4. The summed E-state index contributed by atoms with van der Waals surface area (Å²) < 4.78 is 9.30. The number of ether oxygens (including phenoxy) is 1. The van der Waals surface area contributed by atoms with Crippen LogP contribution in [0.25, 0.3) is 10.8 Å². The molecule has 0 saturated carbocycles. The number of methoxy groups -OCH3 is 1. The Morgan fingerprint density at radius 1 is 1.08 bits per heavy atom. The van der Waals surface area contributed by atoms with Crippen LogP contribution in [-0.4, -0.2) is 35.0 Å². The largest absolute Gasteiger partial charge is 1.00 e. The number of nitrogens with one attached hydrogen (secondary N) is 1. The van der Waals surface area contributed by atoms with Gasteiger partial charge in [-0.1, -0.05) is 6.07 Å². The van der Waals surface area contributed by atoms with Crippen molar-refractivity contribution in [2.24, 2.45) is 7.05 Å². The van der Waals surface area contributed by atoms with E-state index in [-0.39, 0.29) is 39.2 Å². The third kappa shape index (κ3) is 4.17. The summed E-state index contributed by atoms with van der Waals surface area (Å²) in [6.45, 7) is 1.19. The second-order valence-electron chi connectivity index (χ2n) is 8.19. The van der Waals surface area contributed by atoms with E-state index in [0.717, 1.165) is 4.90 Å². The maximum atomic E-state index is 13.6. The van der Waals surface area contributed by atoms with Crippen molar-refractivity contribution in [2.75, 3.05) is 23.9 Å². The highest BCUT2D eigenvalue weighted by Crippen LogP contribution is 2.39. The molecule has 1 aromatic heterocycles. The van der Waals surface area contributed by atoms with Crippen molar-refractivity contribution in [3.05, 3.63) is 88.5 Å². The monoisotopic (exact) mass is 551 g/mol. The molecule has 184 valence electrons. The Hall–Kier alpha value is -4.25. The Balaban J connectivity index is 0.00000304. The molecule has 4 aromatic rings. The number of amides is 2. The number of carbonyl (C=O) groups excluding carboxylic acids is 2. The fourth-order valence-electron chi connectivity index (χ4n) is 4.39. The second kappa shape index (κ2) is 9.78. The minimum Gasteiger partial charge on any atom is -1.00 e. The zero-order chi connectivity index (χ0) is 24.7. The summed E-state index contributed by atoms with van der Waals surface area (Å²) in [6.07, 6.45) is 5.83. The van der Waals surface area contributed by atoms with Gasteiger partial charge in [0.05, 0.1) is 42.4 Å². The van der Waals surface area contributed by atoms with Crippen molar-refractivity contribution in [3.8, 4) is 5.75 Å². The number of aromatic nitrogens is 2. The number of nitro groups is 1. The number of rotatable bonds is 7. The van der Waals surface area contributed by atoms with Crippen LogP contribution >= 0.6 is 0 Å². The maximum absolute atomic E-state index is 13.6. The van der Waals surface area contributed by atoms with Gasteiger partial charge in [-0.15, -0.1) is 0 Å². The maximum Gasteiger partial charge on any atom is 0.277 e. The highest BCUT2D eigenvalue weighted by atomic mass is 79.9. The number of hydrogen-bond donors (Lipinski definition) is 1. The molecule has 5 rings (SSSR count). The summed E-state index contributed by atoms with van der Waals surface area (Å²) in [5.41, 5.74) is 1.26. The van der Waals surface area contributed by atoms with Crippen LogP contribution < -0.4 is 36.5 Å². The first-order valence-electron chi connectivity index (χ1n) is 10.9. The third-order valence-corrected chi connectivity index (χ3v) is 6.04. The molecule has 1 N–H and O–H groups in total. The molecule has 0 radical (unpaired) electrons. The zero-order valence-electron chi connectivity index (χ0n) is 19.5. The number of nitrogens with zero attached hydrogens (tertiary/aromatic N) is 4. The Bertz CT molecular complexity index is 1490. The number of non-ortho nitro benzene ring substituents is 1. The van der Waals surface area contributed by atoms with Crippen LogP contribution in [0.4, 0.5) is 17.1 Å². The summed E-state index contributed by atoms with van der Waals surface area (Å²) in [5.74, 6) is -0.517. The van der Waals surface area contributed by atoms with E-state index in [9.17, 15) is 19.7 Å². The fourth-order valence-corrected chi connectivity index (χ4v) is 4.39. The van der Waals surface area contributed by atoms with E-state index >= 15 is 0 Å². The molecule has 10 nitrogen and oxygen atoms in total. The van der Waals surface area contributed by atoms with Crippen molar-refractivity contribution in [1.29, 1.82) is 0 Å².